The zero-order valence-corrected chi connectivity index (χ0v) is 19.0. The predicted molar refractivity (Wildman–Crippen MR) is 128 cm³/mol. The van der Waals surface area contributed by atoms with Crippen molar-refractivity contribution in [3.05, 3.63) is 82.9 Å². The number of halogens is 1. The average Bonchev–Trinajstić information content (AvgIpc) is 2.82. The summed E-state index contributed by atoms with van der Waals surface area (Å²) in [6, 6.07) is 19.8. The molecule has 0 unspecified atom stereocenters. The van der Waals surface area contributed by atoms with Crippen LogP contribution in [0.1, 0.15) is 29.3 Å². The molecule has 6 nitrogen and oxygen atoms in total. The van der Waals surface area contributed by atoms with Crippen LogP contribution < -0.4 is 0 Å². The number of carbonyl (C=O) groups is 1. The van der Waals surface area contributed by atoms with E-state index in [-0.39, 0.29) is 16.3 Å². The fraction of sp³-hybridized carbons (Fsp3) is 0.154. The molecule has 33 heavy (non-hydrogen) atoms. The first-order valence-electron chi connectivity index (χ1n) is 10.5. The summed E-state index contributed by atoms with van der Waals surface area (Å²) in [4.78, 5) is 26.1. The summed E-state index contributed by atoms with van der Waals surface area (Å²) >= 11 is 6.40. The number of hydrogen-bond donors (Lipinski definition) is 1. The Bertz CT molecular complexity index is 1310. The minimum atomic E-state index is -0.473. The van der Waals surface area contributed by atoms with Crippen LogP contribution in [0, 0.1) is 6.92 Å². The van der Waals surface area contributed by atoms with Crippen LogP contribution in [0.15, 0.2) is 66.7 Å². The van der Waals surface area contributed by atoms with Crippen molar-refractivity contribution in [2.75, 3.05) is 6.61 Å². The Kier molecular flexibility index (Phi) is 6.66. The summed E-state index contributed by atoms with van der Waals surface area (Å²) in [5.41, 5.74) is 3.11. The summed E-state index contributed by atoms with van der Waals surface area (Å²) in [6.45, 7) is 4.15. The Morgan fingerprint density at radius 1 is 0.909 bits per heavy atom. The molecule has 0 aliphatic heterocycles. The molecule has 0 atom stereocenters. The summed E-state index contributed by atoms with van der Waals surface area (Å²) < 4.78 is 5.19. The highest BCUT2D eigenvalue weighted by molar-refractivity contribution is 6.33. The Labute approximate surface area is 196 Å². The minimum absolute atomic E-state index is 0.0817. The second kappa shape index (κ2) is 9.79. The number of aryl methyl sites for hydroxylation is 1. The third kappa shape index (κ3) is 5.02. The molecule has 0 radical (unpaired) electrons. The van der Waals surface area contributed by atoms with Gasteiger partial charge in [0.15, 0.2) is 17.5 Å². The Morgan fingerprint density at radius 2 is 1.61 bits per heavy atom. The van der Waals surface area contributed by atoms with Gasteiger partial charge in [-0.25, -0.2) is 19.7 Å². The zero-order chi connectivity index (χ0) is 23.4. The lowest BCUT2D eigenvalue weighted by Gasteiger charge is -2.11. The van der Waals surface area contributed by atoms with Gasteiger partial charge in [-0.15, -0.1) is 0 Å². The highest BCUT2D eigenvalue weighted by atomic mass is 35.5. The van der Waals surface area contributed by atoms with Gasteiger partial charge in [0, 0.05) is 11.1 Å². The average molecular weight is 460 g/mol. The lowest BCUT2D eigenvalue weighted by atomic mass is 10.1. The molecule has 4 aromatic rings. The first-order valence-corrected chi connectivity index (χ1v) is 10.9. The highest BCUT2D eigenvalue weighted by Crippen LogP contribution is 2.31. The van der Waals surface area contributed by atoms with Gasteiger partial charge in [-0.05, 0) is 43.2 Å². The summed E-state index contributed by atoms with van der Waals surface area (Å²) in [5.74, 6) is 0.767. The van der Waals surface area contributed by atoms with Crippen molar-refractivity contribution >= 4 is 17.6 Å². The third-order valence-electron chi connectivity index (χ3n) is 4.95. The normalized spacial score (nSPS) is 10.8. The number of aromatic hydroxyl groups is 1. The molecule has 0 saturated carbocycles. The van der Waals surface area contributed by atoms with E-state index in [1.165, 1.54) is 0 Å². The lowest BCUT2D eigenvalue weighted by molar-refractivity contribution is 0.0505. The maximum atomic E-state index is 12.2. The summed E-state index contributed by atoms with van der Waals surface area (Å²) in [5, 5.41) is 10.8. The molecule has 0 spiro atoms. The van der Waals surface area contributed by atoms with Crippen LogP contribution in [0.5, 0.6) is 5.75 Å². The molecule has 7 heteroatoms. The SMILES string of the molecule is CCCOC(=O)c1ccc(-c2nc(-c3ccccc3)nc(-c3ccc(C)cc3O)n2)cc1Cl. The molecule has 166 valence electrons. The molecule has 1 N–H and O–H groups in total. The van der Waals surface area contributed by atoms with Gasteiger partial charge in [0.1, 0.15) is 5.75 Å². The van der Waals surface area contributed by atoms with Gasteiger partial charge in [-0.3, -0.25) is 0 Å². The van der Waals surface area contributed by atoms with E-state index < -0.39 is 5.97 Å². The molecular weight excluding hydrogens is 438 g/mol. The number of phenols is 1. The number of esters is 1. The minimum Gasteiger partial charge on any atom is -0.507 e. The van der Waals surface area contributed by atoms with Gasteiger partial charge >= 0.3 is 5.97 Å². The zero-order valence-electron chi connectivity index (χ0n) is 18.2. The number of rotatable bonds is 6. The third-order valence-corrected chi connectivity index (χ3v) is 5.26. The number of aromatic nitrogens is 3. The molecule has 0 aliphatic rings. The molecule has 0 saturated heterocycles. The maximum absolute atomic E-state index is 12.2. The summed E-state index contributed by atoms with van der Waals surface area (Å²) in [6.07, 6.45) is 0.725. The van der Waals surface area contributed by atoms with Crippen LogP contribution in [-0.2, 0) is 4.74 Å². The van der Waals surface area contributed by atoms with Crippen molar-refractivity contribution in [2.45, 2.75) is 20.3 Å². The van der Waals surface area contributed by atoms with Gasteiger partial charge in [-0.2, -0.15) is 0 Å². The number of carbonyl (C=O) groups excluding carboxylic acids is 1. The number of phenolic OH excluding ortho intramolecular Hbond substituents is 1. The van der Waals surface area contributed by atoms with Gasteiger partial charge in [0.25, 0.3) is 0 Å². The van der Waals surface area contributed by atoms with Crippen molar-refractivity contribution in [1.29, 1.82) is 0 Å². The Morgan fingerprint density at radius 3 is 2.27 bits per heavy atom. The fourth-order valence-electron chi connectivity index (χ4n) is 3.26. The highest BCUT2D eigenvalue weighted by Gasteiger charge is 2.17. The Hall–Kier alpha value is -3.77. The Balaban J connectivity index is 1.82. The van der Waals surface area contributed by atoms with Crippen molar-refractivity contribution in [2.24, 2.45) is 0 Å². The summed E-state index contributed by atoms with van der Waals surface area (Å²) in [7, 11) is 0. The van der Waals surface area contributed by atoms with E-state index in [1.807, 2.05) is 50.2 Å². The molecule has 4 rings (SSSR count). The lowest BCUT2D eigenvalue weighted by Crippen LogP contribution is -2.07. The first kappa shape index (κ1) is 22.4. The van der Waals surface area contributed by atoms with E-state index >= 15 is 0 Å². The number of ether oxygens (including phenoxy) is 1. The monoisotopic (exact) mass is 459 g/mol. The van der Waals surface area contributed by atoms with Crippen LogP contribution in [-0.4, -0.2) is 32.6 Å². The van der Waals surface area contributed by atoms with E-state index in [2.05, 4.69) is 15.0 Å². The second-order valence-corrected chi connectivity index (χ2v) is 7.93. The van der Waals surface area contributed by atoms with Crippen LogP contribution in [0.25, 0.3) is 34.2 Å². The van der Waals surface area contributed by atoms with E-state index in [9.17, 15) is 9.90 Å². The number of hydrogen-bond acceptors (Lipinski definition) is 6. The molecule has 1 heterocycles. The van der Waals surface area contributed by atoms with Gasteiger partial charge in [0.05, 0.1) is 22.8 Å². The van der Waals surface area contributed by atoms with Crippen LogP contribution in [0.4, 0.5) is 0 Å². The molecule has 0 aliphatic carbocycles. The number of benzene rings is 3. The molecular formula is C26H22ClN3O3. The molecule has 0 amide bonds. The van der Waals surface area contributed by atoms with Crippen LogP contribution in [0.2, 0.25) is 5.02 Å². The van der Waals surface area contributed by atoms with E-state index in [4.69, 9.17) is 16.3 Å². The van der Waals surface area contributed by atoms with Gasteiger partial charge in [-0.1, -0.05) is 61.0 Å². The molecule has 0 fully saturated rings. The predicted octanol–water partition coefficient (Wildman–Crippen LogP) is 6.11. The second-order valence-electron chi connectivity index (χ2n) is 7.52. The van der Waals surface area contributed by atoms with Gasteiger partial charge < -0.3 is 9.84 Å². The topological polar surface area (TPSA) is 85.2 Å². The maximum Gasteiger partial charge on any atom is 0.339 e. The van der Waals surface area contributed by atoms with Crippen molar-refractivity contribution < 1.29 is 14.6 Å². The van der Waals surface area contributed by atoms with Crippen molar-refractivity contribution in [3.63, 3.8) is 0 Å². The largest absolute Gasteiger partial charge is 0.507 e. The van der Waals surface area contributed by atoms with Gasteiger partial charge in [0.2, 0.25) is 0 Å². The van der Waals surface area contributed by atoms with Crippen LogP contribution in [0.3, 0.4) is 0 Å². The molecule has 3 aromatic carbocycles. The number of nitrogens with zero attached hydrogens (tertiary/aromatic N) is 3. The molecule has 0 bridgehead atoms. The smallest absolute Gasteiger partial charge is 0.339 e. The van der Waals surface area contributed by atoms with Crippen molar-refractivity contribution in [3.8, 4) is 39.9 Å². The fourth-order valence-corrected chi connectivity index (χ4v) is 3.52. The van der Waals surface area contributed by atoms with E-state index in [1.54, 1.807) is 30.3 Å². The van der Waals surface area contributed by atoms with E-state index in [0.29, 0.717) is 35.2 Å². The van der Waals surface area contributed by atoms with Crippen LogP contribution >= 0.6 is 11.6 Å². The van der Waals surface area contributed by atoms with E-state index in [0.717, 1.165) is 17.5 Å². The first-order chi connectivity index (χ1) is 16.0. The standard InChI is InChI=1S/C26H22ClN3O3/c1-3-13-33-26(32)19-12-10-18(15-21(19)27)24-28-23(17-7-5-4-6-8-17)29-25(30-24)20-11-9-16(2)14-22(20)31/h4-12,14-15,31H,3,13H2,1-2H3. The molecule has 1 aromatic heterocycles. The van der Waals surface area contributed by atoms with Crippen molar-refractivity contribution in [1.82, 2.24) is 15.0 Å². The quantitative estimate of drug-likeness (QED) is 0.350.